The van der Waals surface area contributed by atoms with Crippen LogP contribution in [0.3, 0.4) is 0 Å². The predicted octanol–water partition coefficient (Wildman–Crippen LogP) is 3.02. The number of hydrogen-bond donors (Lipinski definition) is 1. The van der Waals surface area contributed by atoms with Crippen LogP contribution in [-0.2, 0) is 13.6 Å². The van der Waals surface area contributed by atoms with Crippen LogP contribution in [0.5, 0.6) is 11.5 Å². The molecule has 0 unspecified atom stereocenters. The van der Waals surface area contributed by atoms with Crippen molar-refractivity contribution in [1.29, 1.82) is 0 Å². The minimum atomic E-state index is 0.766. The van der Waals surface area contributed by atoms with E-state index in [-0.39, 0.29) is 0 Å². The molecule has 0 aliphatic heterocycles. The molecular weight excluding hydrogens is 238 g/mol. The maximum Gasteiger partial charge on any atom is 0.165 e. The van der Waals surface area contributed by atoms with Crippen LogP contribution in [0, 0.1) is 6.92 Å². The fourth-order valence-corrected chi connectivity index (χ4v) is 1.92. The summed E-state index contributed by atoms with van der Waals surface area (Å²) in [4.78, 5) is 0. The lowest BCUT2D eigenvalue weighted by molar-refractivity contribution is 0.478. The molecule has 0 amide bonds. The summed E-state index contributed by atoms with van der Waals surface area (Å²) in [5.74, 6) is 1.65. The summed E-state index contributed by atoms with van der Waals surface area (Å²) < 4.78 is 7.54. The number of nitrogens with one attached hydrogen (secondary N) is 1. The number of ether oxygens (including phenoxy) is 1. The Morgan fingerprint density at radius 2 is 2.21 bits per heavy atom. The van der Waals surface area contributed by atoms with Crippen LogP contribution in [0.4, 0.5) is 0 Å². The van der Waals surface area contributed by atoms with Gasteiger partial charge in [0.1, 0.15) is 5.75 Å². The van der Waals surface area contributed by atoms with Gasteiger partial charge in [0.05, 0.1) is 12.4 Å². The van der Waals surface area contributed by atoms with Crippen LogP contribution < -0.4 is 10.1 Å². The SMILES string of the molecule is CCCNCc1ccc(Oc2cnn(C)c2)c(C)c1. The average Bonchev–Trinajstić information content (AvgIpc) is 2.79. The molecule has 1 aromatic heterocycles. The fourth-order valence-electron chi connectivity index (χ4n) is 1.92. The summed E-state index contributed by atoms with van der Waals surface area (Å²) in [5.41, 5.74) is 2.42. The van der Waals surface area contributed by atoms with E-state index in [1.165, 1.54) is 5.56 Å². The molecule has 102 valence electrons. The lowest BCUT2D eigenvalue weighted by Gasteiger charge is -2.09. The third-order valence-corrected chi connectivity index (χ3v) is 2.90. The van der Waals surface area contributed by atoms with Crippen LogP contribution >= 0.6 is 0 Å². The Hall–Kier alpha value is -1.81. The largest absolute Gasteiger partial charge is 0.454 e. The Morgan fingerprint density at radius 1 is 1.37 bits per heavy atom. The van der Waals surface area contributed by atoms with E-state index in [1.807, 2.05) is 19.3 Å². The molecule has 1 N–H and O–H groups in total. The molecule has 0 spiro atoms. The predicted molar refractivity (Wildman–Crippen MR) is 76.5 cm³/mol. The van der Waals surface area contributed by atoms with E-state index in [2.05, 4.69) is 36.4 Å². The summed E-state index contributed by atoms with van der Waals surface area (Å²) in [6.45, 7) is 6.19. The van der Waals surface area contributed by atoms with Crippen molar-refractivity contribution in [2.24, 2.45) is 7.05 Å². The third kappa shape index (κ3) is 3.83. The highest BCUT2D eigenvalue weighted by atomic mass is 16.5. The molecule has 0 aliphatic carbocycles. The van der Waals surface area contributed by atoms with Crippen LogP contribution in [0.2, 0.25) is 0 Å². The summed E-state index contributed by atoms with van der Waals surface area (Å²) in [6, 6.07) is 6.28. The Morgan fingerprint density at radius 3 is 2.84 bits per heavy atom. The molecule has 0 fully saturated rings. The maximum atomic E-state index is 5.81. The molecule has 2 rings (SSSR count). The van der Waals surface area contributed by atoms with Gasteiger partial charge in [-0.25, -0.2) is 0 Å². The van der Waals surface area contributed by atoms with Crippen molar-refractivity contribution in [2.45, 2.75) is 26.8 Å². The molecule has 0 radical (unpaired) electrons. The van der Waals surface area contributed by atoms with E-state index in [0.717, 1.165) is 36.6 Å². The lowest BCUT2D eigenvalue weighted by Crippen LogP contribution is -2.13. The number of benzene rings is 1. The van der Waals surface area contributed by atoms with Crippen molar-refractivity contribution in [3.8, 4) is 11.5 Å². The monoisotopic (exact) mass is 259 g/mol. The topological polar surface area (TPSA) is 39.1 Å². The second-order valence-corrected chi connectivity index (χ2v) is 4.73. The molecule has 1 aromatic carbocycles. The summed E-state index contributed by atoms with van der Waals surface area (Å²) >= 11 is 0. The van der Waals surface area contributed by atoms with Gasteiger partial charge in [0.15, 0.2) is 5.75 Å². The van der Waals surface area contributed by atoms with E-state index >= 15 is 0 Å². The summed E-state index contributed by atoms with van der Waals surface area (Å²) in [7, 11) is 1.88. The van der Waals surface area contributed by atoms with E-state index in [1.54, 1.807) is 10.9 Å². The van der Waals surface area contributed by atoms with E-state index < -0.39 is 0 Å². The van der Waals surface area contributed by atoms with Gasteiger partial charge < -0.3 is 10.1 Å². The van der Waals surface area contributed by atoms with Crippen LogP contribution in [0.15, 0.2) is 30.6 Å². The molecule has 0 bridgehead atoms. The first-order valence-corrected chi connectivity index (χ1v) is 6.66. The molecule has 19 heavy (non-hydrogen) atoms. The highest BCUT2D eigenvalue weighted by Crippen LogP contribution is 2.25. The normalized spacial score (nSPS) is 10.7. The fraction of sp³-hybridized carbons (Fsp3) is 0.400. The first-order chi connectivity index (χ1) is 9.19. The van der Waals surface area contributed by atoms with E-state index in [9.17, 15) is 0 Å². The Kier molecular flexibility index (Phi) is 4.58. The van der Waals surface area contributed by atoms with Gasteiger partial charge in [-0.3, -0.25) is 4.68 Å². The van der Waals surface area contributed by atoms with Crippen LogP contribution in [0.1, 0.15) is 24.5 Å². The molecule has 0 saturated heterocycles. The van der Waals surface area contributed by atoms with E-state index in [4.69, 9.17) is 4.74 Å². The summed E-state index contributed by atoms with van der Waals surface area (Å²) in [6.07, 6.45) is 4.73. The van der Waals surface area contributed by atoms with Gasteiger partial charge in [-0.05, 0) is 37.1 Å². The number of hydrogen-bond acceptors (Lipinski definition) is 3. The molecule has 1 heterocycles. The van der Waals surface area contributed by atoms with Gasteiger partial charge in [-0.15, -0.1) is 0 Å². The second-order valence-electron chi connectivity index (χ2n) is 4.73. The van der Waals surface area contributed by atoms with Gasteiger partial charge in [0.2, 0.25) is 0 Å². The van der Waals surface area contributed by atoms with Crippen LogP contribution in [-0.4, -0.2) is 16.3 Å². The molecular formula is C15H21N3O. The minimum absolute atomic E-state index is 0.766. The Bertz CT molecular complexity index is 534. The number of nitrogens with zero attached hydrogens (tertiary/aromatic N) is 2. The molecule has 4 heteroatoms. The number of aryl methyl sites for hydroxylation is 2. The van der Waals surface area contributed by atoms with Crippen molar-refractivity contribution in [3.05, 3.63) is 41.7 Å². The van der Waals surface area contributed by atoms with Gasteiger partial charge in [-0.2, -0.15) is 5.10 Å². The Balaban J connectivity index is 2.02. The number of rotatable bonds is 6. The smallest absolute Gasteiger partial charge is 0.165 e. The molecule has 0 atom stereocenters. The average molecular weight is 259 g/mol. The minimum Gasteiger partial charge on any atom is -0.454 e. The highest BCUT2D eigenvalue weighted by molar-refractivity contribution is 5.38. The van der Waals surface area contributed by atoms with Crippen molar-refractivity contribution < 1.29 is 4.74 Å². The van der Waals surface area contributed by atoms with Crippen molar-refractivity contribution in [3.63, 3.8) is 0 Å². The van der Waals surface area contributed by atoms with Crippen molar-refractivity contribution in [1.82, 2.24) is 15.1 Å². The summed E-state index contributed by atoms with van der Waals surface area (Å²) in [5, 5.41) is 7.49. The zero-order valence-corrected chi connectivity index (χ0v) is 11.8. The maximum absolute atomic E-state index is 5.81. The molecule has 2 aromatic rings. The van der Waals surface area contributed by atoms with Gasteiger partial charge in [0.25, 0.3) is 0 Å². The molecule has 0 aliphatic rings. The standard InChI is InChI=1S/C15H21N3O/c1-4-7-16-9-13-5-6-15(12(2)8-13)19-14-10-17-18(3)11-14/h5-6,8,10-11,16H,4,7,9H2,1-3H3. The quantitative estimate of drug-likeness (QED) is 0.810. The first kappa shape index (κ1) is 13.6. The van der Waals surface area contributed by atoms with Gasteiger partial charge >= 0.3 is 0 Å². The zero-order valence-electron chi connectivity index (χ0n) is 11.8. The van der Waals surface area contributed by atoms with Crippen molar-refractivity contribution >= 4 is 0 Å². The third-order valence-electron chi connectivity index (χ3n) is 2.90. The lowest BCUT2D eigenvalue weighted by atomic mass is 10.1. The molecule has 0 saturated carbocycles. The second kappa shape index (κ2) is 6.38. The first-order valence-electron chi connectivity index (χ1n) is 6.66. The zero-order chi connectivity index (χ0) is 13.7. The van der Waals surface area contributed by atoms with Gasteiger partial charge in [-0.1, -0.05) is 19.1 Å². The Labute approximate surface area is 114 Å². The molecule has 4 nitrogen and oxygen atoms in total. The highest BCUT2D eigenvalue weighted by Gasteiger charge is 2.04. The van der Waals surface area contributed by atoms with Crippen LogP contribution in [0.25, 0.3) is 0 Å². The van der Waals surface area contributed by atoms with E-state index in [0.29, 0.717) is 0 Å². The van der Waals surface area contributed by atoms with Gasteiger partial charge in [0, 0.05) is 13.6 Å². The van der Waals surface area contributed by atoms with Crippen molar-refractivity contribution in [2.75, 3.05) is 6.54 Å². The number of aromatic nitrogens is 2.